The van der Waals surface area contributed by atoms with Crippen LogP contribution in [-0.2, 0) is 25.2 Å². The minimum Gasteiger partial charge on any atom is -0.481 e. The van der Waals surface area contributed by atoms with Gasteiger partial charge in [0.15, 0.2) is 0 Å². The van der Waals surface area contributed by atoms with E-state index in [1.165, 1.54) is 4.31 Å². The number of piperidine rings is 1. The highest BCUT2D eigenvalue weighted by atomic mass is 35.5. The number of fused-ring (bicyclic) bond motifs is 1. The summed E-state index contributed by atoms with van der Waals surface area (Å²) in [5, 5.41) is 11.0. The lowest BCUT2D eigenvalue weighted by atomic mass is 9.67. The van der Waals surface area contributed by atoms with Gasteiger partial charge < -0.3 is 10.0 Å². The largest absolute Gasteiger partial charge is 0.481 e. The van der Waals surface area contributed by atoms with Gasteiger partial charge in [0.2, 0.25) is 15.9 Å². The fourth-order valence-corrected chi connectivity index (χ4v) is 9.44. The topological polar surface area (TPSA) is 95.0 Å². The van der Waals surface area contributed by atoms with Crippen molar-refractivity contribution in [2.24, 2.45) is 5.41 Å². The van der Waals surface area contributed by atoms with E-state index >= 15 is 0 Å². The third-order valence-electron chi connectivity index (χ3n) is 9.11. The van der Waals surface area contributed by atoms with E-state index in [2.05, 4.69) is 0 Å². The third-order valence-corrected chi connectivity index (χ3v) is 11.7. The van der Waals surface area contributed by atoms with Crippen molar-refractivity contribution in [3.8, 4) is 0 Å². The monoisotopic (exact) mass is 642 g/mol. The van der Waals surface area contributed by atoms with Crippen LogP contribution in [-0.4, -0.2) is 47.2 Å². The molecule has 1 N–H and O–H groups in total. The number of carboxylic acid groups (broad SMARTS) is 1. The first-order valence-electron chi connectivity index (χ1n) is 14.4. The number of amides is 1. The number of halogens is 2. The number of carboxylic acids is 1. The summed E-state index contributed by atoms with van der Waals surface area (Å²) in [6.07, 6.45) is 0.361. The molecule has 0 aromatic heterocycles. The fourth-order valence-electron chi connectivity index (χ4n) is 6.96. The molecule has 1 amide bonds. The highest BCUT2D eigenvalue weighted by Gasteiger charge is 2.54. The van der Waals surface area contributed by atoms with Gasteiger partial charge in [0.05, 0.1) is 28.3 Å². The summed E-state index contributed by atoms with van der Waals surface area (Å²) in [6.45, 7) is 7.42. The molecule has 1 saturated heterocycles. The minimum atomic E-state index is -3.86. The highest BCUT2D eigenvalue weighted by molar-refractivity contribution is 7.89. The maximum absolute atomic E-state index is 14.6. The molecule has 43 heavy (non-hydrogen) atoms. The van der Waals surface area contributed by atoms with Crippen molar-refractivity contribution < 1.29 is 23.1 Å². The molecule has 228 valence electrons. The zero-order chi connectivity index (χ0) is 31.3. The van der Waals surface area contributed by atoms with Gasteiger partial charge >= 0.3 is 5.97 Å². The summed E-state index contributed by atoms with van der Waals surface area (Å²) >= 11 is 12.7. The molecule has 3 aromatic rings. The highest BCUT2D eigenvalue weighted by Crippen LogP contribution is 2.53. The summed E-state index contributed by atoms with van der Waals surface area (Å²) in [5.74, 6) is -1.71. The normalized spacial score (nSPS) is 25.3. The Bertz CT molecular complexity index is 1660. The molecule has 10 heteroatoms. The Hall–Kier alpha value is -2.91. The van der Waals surface area contributed by atoms with Gasteiger partial charge in [-0.15, -0.1) is 0 Å². The number of hydrogen-bond acceptors (Lipinski definition) is 4. The van der Waals surface area contributed by atoms with Crippen LogP contribution in [0.15, 0.2) is 77.7 Å². The number of sulfonamides is 1. The average Bonchev–Trinajstić information content (AvgIpc) is 3.10. The number of hydrogen-bond donors (Lipinski definition) is 1. The van der Waals surface area contributed by atoms with Gasteiger partial charge in [-0.3, -0.25) is 9.59 Å². The number of carbonyl (C=O) groups is 2. The van der Waals surface area contributed by atoms with Crippen molar-refractivity contribution in [1.82, 2.24) is 9.21 Å². The standard InChI is InChI=1S/C33H36Cl2N2O5S/c1-5-25(20-36-32(2,3)27-11-6-7-12-28(27)43(36,41)42)37-30(21-13-15-23(34)16-14-21)26(22-9-8-10-24(35)17-22)18-33(4,31(37)40)19-29(38)39/h6-17,25-26,30H,5,18-20H2,1-4H3,(H,38,39). The lowest BCUT2D eigenvalue weighted by Crippen LogP contribution is -2.59. The Morgan fingerprint density at radius 1 is 0.977 bits per heavy atom. The van der Waals surface area contributed by atoms with Crippen molar-refractivity contribution in [1.29, 1.82) is 0 Å². The molecular formula is C33H36Cl2N2O5S. The summed E-state index contributed by atoms with van der Waals surface area (Å²) in [7, 11) is -3.86. The molecule has 0 spiro atoms. The quantitative estimate of drug-likeness (QED) is 0.279. The average molecular weight is 644 g/mol. The summed E-state index contributed by atoms with van der Waals surface area (Å²) in [6, 6.07) is 20.6. The van der Waals surface area contributed by atoms with Crippen LogP contribution in [0.25, 0.3) is 0 Å². The number of carbonyl (C=O) groups excluding carboxylic acids is 1. The fraction of sp³-hybridized carbons (Fsp3) is 0.394. The van der Waals surface area contributed by atoms with E-state index in [1.807, 2.05) is 63.2 Å². The molecule has 0 saturated carbocycles. The van der Waals surface area contributed by atoms with Gasteiger partial charge in [0.1, 0.15) is 0 Å². The molecule has 2 heterocycles. The van der Waals surface area contributed by atoms with E-state index in [9.17, 15) is 23.1 Å². The van der Waals surface area contributed by atoms with Crippen molar-refractivity contribution in [3.63, 3.8) is 0 Å². The van der Waals surface area contributed by atoms with Crippen molar-refractivity contribution in [3.05, 3.63) is 99.5 Å². The second-order valence-corrected chi connectivity index (χ2v) is 15.1. The predicted octanol–water partition coefficient (Wildman–Crippen LogP) is 7.25. The third kappa shape index (κ3) is 5.59. The number of rotatable bonds is 8. The van der Waals surface area contributed by atoms with E-state index in [0.29, 0.717) is 22.0 Å². The van der Waals surface area contributed by atoms with Crippen LogP contribution in [0.3, 0.4) is 0 Å². The van der Waals surface area contributed by atoms with Crippen LogP contribution >= 0.6 is 23.2 Å². The Labute approximate surface area is 263 Å². The van der Waals surface area contributed by atoms with E-state index < -0.39 is 39.0 Å². The minimum absolute atomic E-state index is 0.0434. The first-order chi connectivity index (χ1) is 20.2. The number of benzene rings is 3. The van der Waals surface area contributed by atoms with Crippen LogP contribution in [0.5, 0.6) is 0 Å². The first-order valence-corrected chi connectivity index (χ1v) is 16.6. The van der Waals surface area contributed by atoms with Crippen molar-refractivity contribution in [2.45, 2.75) is 75.4 Å². The SMILES string of the molecule is CCC(CN1C(C)(C)c2ccccc2S1(=O)=O)N1C(=O)C(C)(CC(=O)O)CC(c2cccc(Cl)c2)C1c1ccc(Cl)cc1. The molecule has 0 radical (unpaired) electrons. The van der Waals surface area contributed by atoms with E-state index in [4.69, 9.17) is 23.2 Å². The Balaban J connectivity index is 1.68. The Morgan fingerprint density at radius 2 is 1.65 bits per heavy atom. The summed E-state index contributed by atoms with van der Waals surface area (Å²) in [4.78, 5) is 28.8. The van der Waals surface area contributed by atoms with E-state index in [-0.39, 0.29) is 36.1 Å². The number of likely N-dealkylation sites (tertiary alicyclic amines) is 1. The zero-order valence-electron chi connectivity index (χ0n) is 24.6. The molecule has 7 nitrogen and oxygen atoms in total. The second kappa shape index (κ2) is 11.5. The Kier molecular flexibility index (Phi) is 8.46. The first kappa shape index (κ1) is 31.5. The molecule has 0 aliphatic carbocycles. The van der Waals surface area contributed by atoms with Gasteiger partial charge in [-0.25, -0.2) is 8.42 Å². The summed E-state index contributed by atoms with van der Waals surface area (Å²) < 4.78 is 29.3. The Morgan fingerprint density at radius 3 is 2.26 bits per heavy atom. The maximum atomic E-state index is 14.6. The lowest BCUT2D eigenvalue weighted by molar-refractivity contribution is -0.161. The van der Waals surface area contributed by atoms with Gasteiger partial charge in [-0.2, -0.15) is 4.31 Å². The van der Waals surface area contributed by atoms with Gasteiger partial charge in [-0.05, 0) is 73.7 Å². The molecule has 1 fully saturated rings. The lowest BCUT2D eigenvalue weighted by Gasteiger charge is -2.52. The van der Waals surface area contributed by atoms with Crippen LogP contribution in [0.1, 0.15) is 75.6 Å². The second-order valence-electron chi connectivity index (χ2n) is 12.4. The summed E-state index contributed by atoms with van der Waals surface area (Å²) in [5.41, 5.74) is 0.311. The van der Waals surface area contributed by atoms with Gasteiger partial charge in [0, 0.05) is 28.5 Å². The van der Waals surface area contributed by atoms with Crippen molar-refractivity contribution >= 4 is 45.1 Å². The maximum Gasteiger partial charge on any atom is 0.304 e. The number of nitrogens with zero attached hydrogens (tertiary/aromatic N) is 2. The molecule has 3 aromatic carbocycles. The van der Waals surface area contributed by atoms with Crippen molar-refractivity contribution in [2.75, 3.05) is 6.54 Å². The molecule has 2 aliphatic heterocycles. The smallest absolute Gasteiger partial charge is 0.304 e. The van der Waals surface area contributed by atoms with Crippen LogP contribution in [0.4, 0.5) is 0 Å². The van der Waals surface area contributed by atoms with Gasteiger partial charge in [-0.1, -0.05) is 79.5 Å². The van der Waals surface area contributed by atoms with E-state index in [1.54, 1.807) is 42.2 Å². The molecule has 5 rings (SSSR count). The zero-order valence-corrected chi connectivity index (χ0v) is 27.0. The number of aliphatic carboxylic acids is 1. The van der Waals surface area contributed by atoms with Crippen LogP contribution in [0, 0.1) is 5.41 Å². The van der Waals surface area contributed by atoms with Crippen LogP contribution < -0.4 is 0 Å². The molecule has 4 unspecified atom stereocenters. The van der Waals surface area contributed by atoms with Gasteiger partial charge in [0.25, 0.3) is 0 Å². The predicted molar refractivity (Wildman–Crippen MR) is 168 cm³/mol. The molecule has 4 atom stereocenters. The molecular weight excluding hydrogens is 607 g/mol. The molecule has 0 bridgehead atoms. The molecule has 2 aliphatic rings. The van der Waals surface area contributed by atoms with E-state index in [0.717, 1.165) is 11.1 Å². The van der Waals surface area contributed by atoms with Crippen LogP contribution in [0.2, 0.25) is 10.0 Å².